The van der Waals surface area contributed by atoms with Crippen molar-refractivity contribution in [3.63, 3.8) is 0 Å². The molecular formula is C25H30ClNO3. The maximum Gasteiger partial charge on any atom is 0.347 e. The van der Waals surface area contributed by atoms with Crippen LogP contribution in [0.3, 0.4) is 0 Å². The van der Waals surface area contributed by atoms with Gasteiger partial charge in [-0.15, -0.1) is 0 Å². The van der Waals surface area contributed by atoms with Gasteiger partial charge in [0.15, 0.2) is 0 Å². The molecule has 4 nitrogen and oxygen atoms in total. The van der Waals surface area contributed by atoms with Gasteiger partial charge in [0.05, 0.1) is 30.6 Å². The van der Waals surface area contributed by atoms with E-state index in [0.717, 1.165) is 0 Å². The molecule has 2 aromatic rings. The third-order valence-electron chi connectivity index (χ3n) is 6.55. The molecule has 3 aliphatic rings. The smallest absolute Gasteiger partial charge is 0.347 e. The van der Waals surface area contributed by atoms with E-state index in [1.165, 1.54) is 0 Å². The molecular weight excluding hydrogens is 398 g/mol. The van der Waals surface area contributed by atoms with Crippen LogP contribution >= 0.6 is 0 Å². The molecule has 3 atom stereocenters. The highest BCUT2D eigenvalue weighted by molar-refractivity contribution is 5.85. The summed E-state index contributed by atoms with van der Waals surface area (Å²) in [5, 5.41) is 11.7. The van der Waals surface area contributed by atoms with Gasteiger partial charge in [-0.3, -0.25) is 0 Å². The predicted molar refractivity (Wildman–Crippen MR) is 111 cm³/mol. The number of benzene rings is 2. The predicted octanol–water partition coefficient (Wildman–Crippen LogP) is 0.774. The molecule has 0 aromatic heterocycles. The minimum Gasteiger partial charge on any atom is -1.00 e. The van der Waals surface area contributed by atoms with Crippen LogP contribution in [-0.2, 0) is 15.1 Å². The lowest BCUT2D eigenvalue weighted by Crippen LogP contribution is -3.00. The van der Waals surface area contributed by atoms with Crippen LogP contribution in [0.1, 0.15) is 60.5 Å². The van der Waals surface area contributed by atoms with Crippen LogP contribution in [0.5, 0.6) is 0 Å². The molecule has 3 saturated heterocycles. The zero-order valence-electron chi connectivity index (χ0n) is 24.4. The number of aliphatic hydroxyl groups is 1. The number of carbonyl (C=O) groups excluding carboxylic acids is 1. The highest BCUT2D eigenvalue weighted by Gasteiger charge is 2.56. The Hall–Kier alpha value is -1.88. The lowest BCUT2D eigenvalue weighted by Gasteiger charge is -2.47. The summed E-state index contributed by atoms with van der Waals surface area (Å²) < 4.78 is 72.9. The summed E-state index contributed by atoms with van der Waals surface area (Å²) in [5.41, 5.74) is -1.46. The molecule has 0 amide bonds. The van der Waals surface area contributed by atoms with E-state index < -0.39 is 60.0 Å². The van der Waals surface area contributed by atoms with Crippen molar-refractivity contribution in [2.45, 2.75) is 62.2 Å². The second kappa shape index (κ2) is 8.33. The molecule has 1 N–H and O–H groups in total. The summed E-state index contributed by atoms with van der Waals surface area (Å²) in [6.45, 7) is -5.68. The first kappa shape index (κ1) is 13.5. The van der Waals surface area contributed by atoms with Gasteiger partial charge in [-0.05, 0) is 11.1 Å². The second-order valence-corrected chi connectivity index (χ2v) is 8.08. The van der Waals surface area contributed by atoms with Crippen LogP contribution in [0, 0.1) is 0 Å². The van der Waals surface area contributed by atoms with Gasteiger partial charge in [0.2, 0.25) is 5.60 Å². The number of rotatable bonds is 4. The Morgan fingerprint density at radius 3 is 1.87 bits per heavy atom. The van der Waals surface area contributed by atoms with Crippen molar-refractivity contribution >= 4 is 5.97 Å². The normalized spacial score (nSPS) is 37.6. The molecule has 3 aliphatic heterocycles. The molecule has 30 heavy (non-hydrogen) atoms. The van der Waals surface area contributed by atoms with Crippen molar-refractivity contribution in [1.29, 1.82) is 0 Å². The number of carbonyl (C=O) groups is 1. The Bertz CT molecular complexity index is 1120. The number of piperidine rings is 1. The number of halogens is 1. The van der Waals surface area contributed by atoms with E-state index in [0.29, 0.717) is 24.0 Å². The van der Waals surface area contributed by atoms with Crippen LogP contribution in [0.15, 0.2) is 60.7 Å². The first-order chi connectivity index (χ1) is 17.2. The van der Waals surface area contributed by atoms with Crippen LogP contribution in [0.25, 0.3) is 0 Å². The maximum absolute atomic E-state index is 13.6. The summed E-state index contributed by atoms with van der Waals surface area (Å²) in [4.78, 5) is 13.6. The topological polar surface area (TPSA) is 46.5 Å². The number of nitrogens with zero attached hydrogens (tertiary/aromatic N) is 1. The van der Waals surface area contributed by atoms with Gasteiger partial charge in [-0.1, -0.05) is 60.7 Å². The molecule has 3 fully saturated rings. The van der Waals surface area contributed by atoms with Gasteiger partial charge in [0.1, 0.15) is 6.10 Å². The minimum absolute atomic E-state index is 0. The fourth-order valence-electron chi connectivity index (χ4n) is 5.09. The molecule has 5 rings (SSSR count). The third kappa shape index (κ3) is 3.35. The highest BCUT2D eigenvalue weighted by Crippen LogP contribution is 2.46. The lowest BCUT2D eigenvalue weighted by molar-refractivity contribution is -0.956. The average molecular weight is 436 g/mol. The summed E-state index contributed by atoms with van der Waals surface area (Å²) in [6.07, 6.45) is -6.14. The van der Waals surface area contributed by atoms with Crippen molar-refractivity contribution < 1.29 is 42.5 Å². The van der Waals surface area contributed by atoms with E-state index in [9.17, 15) is 9.90 Å². The van der Waals surface area contributed by atoms with Crippen LogP contribution in [-0.4, -0.2) is 46.7 Å². The number of hydrogen-bond acceptors (Lipinski definition) is 3. The molecule has 5 heteroatoms. The molecule has 1 unspecified atom stereocenters. The number of ether oxygens (including phenoxy) is 1. The molecule has 0 radical (unpaired) electrons. The second-order valence-electron chi connectivity index (χ2n) is 8.08. The van der Waals surface area contributed by atoms with Gasteiger partial charge in [0, 0.05) is 43.9 Å². The molecule has 2 bridgehead atoms. The Morgan fingerprint density at radius 2 is 1.40 bits per heavy atom. The molecule has 1 spiro atoms. The maximum atomic E-state index is 13.6. The standard InChI is InChI=1S/C25H30NO3.ClH/c27-24(25(28,19-9-3-1-4-10-19)20-11-5-2-6-12-20)29-23-17-21-13-14-22(18-23)26(21)15-7-8-16-26;/h1-6,9-12,21-23,28H,7-8,13-18H2;1H/q+1;/p-1/t21-,22+,23?;/i7D2,8D2,15D2,16D2;. The van der Waals surface area contributed by atoms with Crippen molar-refractivity contribution in [2.24, 2.45) is 0 Å². The van der Waals surface area contributed by atoms with E-state index in [1.54, 1.807) is 60.7 Å². The average Bonchev–Trinajstić information content (AvgIpc) is 3.13. The third-order valence-corrected chi connectivity index (χ3v) is 6.55. The zero-order chi connectivity index (χ0) is 27.1. The summed E-state index contributed by atoms with van der Waals surface area (Å²) >= 11 is 0. The van der Waals surface area contributed by atoms with E-state index in [1.807, 2.05) is 0 Å². The highest BCUT2D eigenvalue weighted by atomic mass is 35.5. The van der Waals surface area contributed by atoms with Gasteiger partial charge in [-0.2, -0.15) is 0 Å². The SMILES string of the molecule is [2H]C1([2H])C([2H])([2H])C([2H])([2H])[N+]2([C@@H]3CC[C@H]2CC(OC(=O)C(O)(c2ccccc2)c2ccccc2)C3)C1([2H])[2H].[Cl-]. The Kier molecular flexibility index (Phi) is 3.75. The first-order valence-corrected chi connectivity index (χ1v) is 10.1. The van der Waals surface area contributed by atoms with Crippen LogP contribution in [0.4, 0.5) is 0 Å². The number of hydrogen-bond donors (Lipinski definition) is 1. The van der Waals surface area contributed by atoms with Gasteiger partial charge in [-0.25, -0.2) is 4.79 Å². The van der Waals surface area contributed by atoms with Gasteiger partial charge in [0.25, 0.3) is 0 Å². The quantitative estimate of drug-likeness (QED) is 0.570. The summed E-state index contributed by atoms with van der Waals surface area (Å²) in [6, 6.07) is 15.2. The molecule has 0 saturated carbocycles. The molecule has 3 heterocycles. The Balaban J connectivity index is 0.00000336. The number of quaternary nitrogens is 1. The van der Waals surface area contributed by atoms with Crippen LogP contribution < -0.4 is 12.4 Å². The molecule has 2 aromatic carbocycles. The van der Waals surface area contributed by atoms with E-state index in [2.05, 4.69) is 0 Å². The van der Waals surface area contributed by atoms with Crippen molar-refractivity contribution in [3.8, 4) is 0 Å². The molecule has 0 aliphatic carbocycles. The monoisotopic (exact) mass is 435 g/mol. The van der Waals surface area contributed by atoms with E-state index in [4.69, 9.17) is 15.7 Å². The van der Waals surface area contributed by atoms with Crippen molar-refractivity contribution in [3.05, 3.63) is 71.8 Å². The van der Waals surface area contributed by atoms with E-state index in [-0.39, 0.29) is 25.2 Å². The fourth-order valence-corrected chi connectivity index (χ4v) is 5.09. The Morgan fingerprint density at radius 1 is 0.933 bits per heavy atom. The van der Waals surface area contributed by atoms with Gasteiger partial charge < -0.3 is 26.7 Å². The Labute approximate surface area is 196 Å². The zero-order valence-corrected chi connectivity index (χ0v) is 17.2. The van der Waals surface area contributed by atoms with Crippen LogP contribution in [0.2, 0.25) is 0 Å². The summed E-state index contributed by atoms with van der Waals surface area (Å²) in [7, 11) is 0. The fraction of sp³-hybridized carbons (Fsp3) is 0.480. The van der Waals surface area contributed by atoms with Crippen molar-refractivity contribution in [2.75, 3.05) is 13.0 Å². The lowest BCUT2D eigenvalue weighted by atomic mass is 9.86. The largest absolute Gasteiger partial charge is 1.00 e. The number of esters is 1. The first-order valence-electron chi connectivity index (χ1n) is 14.1. The molecule has 160 valence electrons. The van der Waals surface area contributed by atoms with E-state index >= 15 is 0 Å². The minimum atomic E-state index is -3.07. The van der Waals surface area contributed by atoms with Gasteiger partial charge >= 0.3 is 5.97 Å². The summed E-state index contributed by atoms with van der Waals surface area (Å²) in [5.74, 6) is -0.902. The van der Waals surface area contributed by atoms with Crippen molar-refractivity contribution in [1.82, 2.24) is 0 Å².